The molecule has 1 amide bonds. The van der Waals surface area contributed by atoms with Crippen LogP contribution in [0.25, 0.3) is 10.1 Å². The molecular weight excluding hydrogens is 358 g/mol. The van der Waals surface area contributed by atoms with Gasteiger partial charge >= 0.3 is 0 Å². The molecular formula is C20H27N5OS. The minimum Gasteiger partial charge on any atom is -0.361 e. The number of piperidine rings is 1. The Balaban J connectivity index is 1.29. The summed E-state index contributed by atoms with van der Waals surface area (Å²) in [7, 11) is 2.17. The number of aromatic nitrogens is 1. The second kappa shape index (κ2) is 7.04. The molecule has 27 heavy (non-hydrogen) atoms. The minimum atomic E-state index is -0.0288. The predicted molar refractivity (Wildman–Crippen MR) is 110 cm³/mol. The quantitative estimate of drug-likeness (QED) is 0.874. The molecule has 3 atom stereocenters. The van der Waals surface area contributed by atoms with Gasteiger partial charge in [0.2, 0.25) is 0 Å². The maximum absolute atomic E-state index is 12.7. The molecule has 2 aromatic heterocycles. The van der Waals surface area contributed by atoms with Crippen molar-refractivity contribution in [2.45, 2.75) is 18.9 Å². The van der Waals surface area contributed by atoms with Gasteiger partial charge in [0.15, 0.2) is 0 Å². The van der Waals surface area contributed by atoms with E-state index in [9.17, 15) is 4.79 Å². The summed E-state index contributed by atoms with van der Waals surface area (Å²) in [6.07, 6.45) is 4.24. The zero-order chi connectivity index (χ0) is 18.4. The fraction of sp³-hybridized carbons (Fsp3) is 0.600. The first kappa shape index (κ1) is 17.4. The summed E-state index contributed by atoms with van der Waals surface area (Å²) in [5, 5.41) is 5.64. The highest BCUT2D eigenvalue weighted by Gasteiger charge is 2.33. The minimum absolute atomic E-state index is 0.0288. The number of likely N-dealkylation sites (N-methyl/N-ethyl adjacent to an activating group) is 1. The van der Waals surface area contributed by atoms with Crippen molar-refractivity contribution >= 4 is 32.3 Å². The van der Waals surface area contributed by atoms with Gasteiger partial charge in [0.05, 0.1) is 5.00 Å². The molecule has 3 unspecified atom stereocenters. The third-order valence-corrected chi connectivity index (χ3v) is 7.40. The van der Waals surface area contributed by atoms with Gasteiger partial charge in [0.1, 0.15) is 5.69 Å². The van der Waals surface area contributed by atoms with Crippen LogP contribution in [0.5, 0.6) is 0 Å². The van der Waals surface area contributed by atoms with E-state index in [0.717, 1.165) is 55.1 Å². The van der Waals surface area contributed by atoms with E-state index in [2.05, 4.69) is 38.1 Å². The topological polar surface area (TPSA) is 51.7 Å². The van der Waals surface area contributed by atoms with Gasteiger partial charge in [-0.3, -0.25) is 9.78 Å². The summed E-state index contributed by atoms with van der Waals surface area (Å²) >= 11 is 1.77. The van der Waals surface area contributed by atoms with Crippen LogP contribution in [-0.4, -0.2) is 79.6 Å². The smallest absolute Gasteiger partial charge is 0.270 e. The Bertz CT molecular complexity index is 832. The molecule has 5 heterocycles. The van der Waals surface area contributed by atoms with Crippen LogP contribution in [0.1, 0.15) is 23.3 Å². The Kier molecular flexibility index (Phi) is 4.53. The van der Waals surface area contributed by atoms with Crippen LogP contribution in [0.3, 0.4) is 0 Å². The van der Waals surface area contributed by atoms with Crippen LogP contribution in [0.15, 0.2) is 18.3 Å². The number of rotatable bonds is 3. The van der Waals surface area contributed by atoms with E-state index in [1.54, 1.807) is 11.3 Å². The van der Waals surface area contributed by atoms with Crippen LogP contribution in [-0.2, 0) is 0 Å². The molecule has 0 aromatic carbocycles. The average Bonchev–Trinajstić information content (AvgIpc) is 3.24. The third kappa shape index (κ3) is 3.56. The van der Waals surface area contributed by atoms with Crippen molar-refractivity contribution < 1.29 is 4.79 Å². The summed E-state index contributed by atoms with van der Waals surface area (Å²) in [6, 6.07) is 4.44. The molecule has 1 N–H and O–H groups in total. The molecule has 2 aromatic rings. The zero-order valence-electron chi connectivity index (χ0n) is 15.9. The lowest BCUT2D eigenvalue weighted by molar-refractivity contribution is 0.0904. The monoisotopic (exact) mass is 385 g/mol. The molecule has 7 heteroatoms. The van der Waals surface area contributed by atoms with E-state index >= 15 is 0 Å². The van der Waals surface area contributed by atoms with Crippen molar-refractivity contribution in [2.24, 2.45) is 5.92 Å². The molecule has 3 aliphatic heterocycles. The van der Waals surface area contributed by atoms with Crippen LogP contribution in [0, 0.1) is 5.92 Å². The number of hydrogen-bond donors (Lipinski definition) is 1. The number of thiophene rings is 1. The summed E-state index contributed by atoms with van der Waals surface area (Å²) in [4.78, 5) is 24.5. The number of anilines is 1. The van der Waals surface area contributed by atoms with Crippen molar-refractivity contribution in [3.05, 3.63) is 24.0 Å². The van der Waals surface area contributed by atoms with Gasteiger partial charge in [-0.05, 0) is 44.5 Å². The Labute approximate surface area is 164 Å². The first-order valence-corrected chi connectivity index (χ1v) is 10.8. The van der Waals surface area contributed by atoms with Gasteiger partial charge in [-0.15, -0.1) is 11.3 Å². The lowest BCUT2D eigenvalue weighted by atomic mass is 9.97. The van der Waals surface area contributed by atoms with Gasteiger partial charge in [0, 0.05) is 61.6 Å². The van der Waals surface area contributed by atoms with Gasteiger partial charge in [0.25, 0.3) is 5.91 Å². The molecule has 0 spiro atoms. The zero-order valence-corrected chi connectivity index (χ0v) is 16.7. The van der Waals surface area contributed by atoms with Crippen LogP contribution in [0.2, 0.25) is 0 Å². The lowest BCUT2D eigenvalue weighted by Crippen LogP contribution is -2.47. The van der Waals surface area contributed by atoms with Crippen molar-refractivity contribution in [3.8, 4) is 0 Å². The molecule has 0 radical (unpaired) electrons. The Morgan fingerprint density at radius 2 is 2.04 bits per heavy atom. The molecule has 0 aliphatic carbocycles. The molecule has 0 saturated carbocycles. The SMILES string of the molecule is CN1CCN(c2cc3cnc(C(=O)NC4CC5CCN(C5)C4)cc3s2)CC1. The largest absolute Gasteiger partial charge is 0.361 e. The Hall–Kier alpha value is -1.70. The van der Waals surface area contributed by atoms with E-state index in [1.807, 2.05) is 12.3 Å². The normalized spacial score (nSPS) is 28.6. The average molecular weight is 386 g/mol. The number of fused-ring (bicyclic) bond motifs is 3. The molecule has 6 nitrogen and oxygen atoms in total. The van der Waals surface area contributed by atoms with E-state index < -0.39 is 0 Å². The molecule has 3 saturated heterocycles. The predicted octanol–water partition coefficient (Wildman–Crippen LogP) is 1.87. The van der Waals surface area contributed by atoms with Gasteiger partial charge in [-0.25, -0.2) is 0 Å². The molecule has 3 aliphatic rings. The number of amides is 1. The number of carbonyl (C=O) groups excluding carboxylic acids is 1. The molecule has 3 fully saturated rings. The Morgan fingerprint density at radius 1 is 1.19 bits per heavy atom. The second-order valence-electron chi connectivity index (χ2n) is 8.30. The van der Waals surface area contributed by atoms with E-state index in [4.69, 9.17) is 0 Å². The van der Waals surface area contributed by atoms with Gasteiger partial charge in [-0.2, -0.15) is 0 Å². The first-order chi connectivity index (χ1) is 13.1. The second-order valence-corrected chi connectivity index (χ2v) is 9.36. The molecule has 5 rings (SSSR count). The molecule has 2 bridgehead atoms. The summed E-state index contributed by atoms with van der Waals surface area (Å²) < 4.78 is 1.15. The van der Waals surface area contributed by atoms with Crippen LogP contribution in [0.4, 0.5) is 5.00 Å². The van der Waals surface area contributed by atoms with Gasteiger partial charge < -0.3 is 20.0 Å². The van der Waals surface area contributed by atoms with Crippen LogP contribution < -0.4 is 10.2 Å². The van der Waals surface area contributed by atoms with Crippen molar-refractivity contribution in [1.82, 2.24) is 20.1 Å². The van der Waals surface area contributed by atoms with Crippen molar-refractivity contribution in [1.29, 1.82) is 0 Å². The fourth-order valence-corrected chi connectivity index (χ4v) is 5.77. The summed E-state index contributed by atoms with van der Waals surface area (Å²) in [6.45, 7) is 7.69. The lowest BCUT2D eigenvalue weighted by Gasteiger charge is -2.32. The fourth-order valence-electron chi connectivity index (χ4n) is 4.65. The number of nitrogens with one attached hydrogen (secondary N) is 1. The molecule has 144 valence electrons. The standard InChI is InChI=1S/C20H27N5OS/c1-23-4-6-25(7-5-23)19-9-15-11-21-17(10-18(15)27-19)20(26)22-16-8-14-2-3-24(12-14)13-16/h9-11,14,16H,2-8,12-13H2,1H3,(H,22,26). The number of piperazine rings is 1. The maximum Gasteiger partial charge on any atom is 0.270 e. The number of carbonyl (C=O) groups is 1. The summed E-state index contributed by atoms with van der Waals surface area (Å²) in [5.74, 6) is 0.724. The van der Waals surface area contributed by atoms with E-state index in [1.165, 1.54) is 24.5 Å². The van der Waals surface area contributed by atoms with Crippen molar-refractivity contribution in [2.75, 3.05) is 57.8 Å². The third-order valence-electron chi connectivity index (χ3n) is 6.24. The maximum atomic E-state index is 12.7. The highest BCUT2D eigenvalue weighted by atomic mass is 32.1. The summed E-state index contributed by atoms with van der Waals surface area (Å²) in [5.41, 5.74) is 0.544. The van der Waals surface area contributed by atoms with Gasteiger partial charge in [-0.1, -0.05) is 0 Å². The Morgan fingerprint density at radius 3 is 2.85 bits per heavy atom. The first-order valence-electron chi connectivity index (χ1n) is 10.0. The van der Waals surface area contributed by atoms with E-state index in [0.29, 0.717) is 5.69 Å². The van der Waals surface area contributed by atoms with E-state index in [-0.39, 0.29) is 11.9 Å². The van der Waals surface area contributed by atoms with Crippen molar-refractivity contribution in [3.63, 3.8) is 0 Å². The number of nitrogens with zero attached hydrogens (tertiary/aromatic N) is 4. The highest BCUT2D eigenvalue weighted by molar-refractivity contribution is 7.22. The number of pyridine rings is 1. The highest BCUT2D eigenvalue weighted by Crippen LogP contribution is 2.33. The van der Waals surface area contributed by atoms with Crippen LogP contribution >= 0.6 is 11.3 Å². The number of hydrogen-bond acceptors (Lipinski definition) is 6.